The zero-order chi connectivity index (χ0) is 13.7. The number of hydrogen-bond acceptors (Lipinski definition) is 4. The van der Waals surface area contributed by atoms with Crippen LogP contribution in [-0.4, -0.2) is 61.5 Å². The summed E-state index contributed by atoms with van der Waals surface area (Å²) < 4.78 is 5.42. The Morgan fingerprint density at radius 2 is 2.26 bits per heavy atom. The first-order chi connectivity index (χ1) is 9.24. The predicted molar refractivity (Wildman–Crippen MR) is 77.3 cm³/mol. The van der Waals surface area contributed by atoms with Gasteiger partial charge >= 0.3 is 0 Å². The standard InChI is InChI=1S/C15H30N2O2/c1-3-16-15(12-18)8-4-5-13(15)6-9-17-10-7-14(11-17)19-2/h13-14,16,18H,3-12H2,1-2H3. The van der Waals surface area contributed by atoms with Crippen molar-refractivity contribution in [2.75, 3.05) is 39.9 Å². The number of aliphatic hydroxyl groups is 1. The van der Waals surface area contributed by atoms with Crippen molar-refractivity contribution >= 4 is 0 Å². The number of methoxy groups -OCH3 is 1. The Hall–Kier alpha value is -0.160. The fourth-order valence-electron chi connectivity index (χ4n) is 3.94. The van der Waals surface area contributed by atoms with Gasteiger partial charge in [0.25, 0.3) is 0 Å². The molecule has 112 valence electrons. The van der Waals surface area contributed by atoms with Crippen LogP contribution in [-0.2, 0) is 4.74 Å². The molecule has 0 aromatic heterocycles. The van der Waals surface area contributed by atoms with E-state index >= 15 is 0 Å². The molecule has 0 aromatic carbocycles. The summed E-state index contributed by atoms with van der Waals surface area (Å²) in [6.07, 6.45) is 6.43. The smallest absolute Gasteiger partial charge is 0.0710 e. The Morgan fingerprint density at radius 1 is 1.42 bits per heavy atom. The maximum atomic E-state index is 9.79. The Bertz CT molecular complexity index is 275. The number of nitrogens with zero attached hydrogens (tertiary/aromatic N) is 1. The minimum atomic E-state index is -0.00483. The summed E-state index contributed by atoms with van der Waals surface area (Å²) in [6.45, 7) is 6.77. The molecule has 3 atom stereocenters. The van der Waals surface area contributed by atoms with Gasteiger partial charge in [-0.3, -0.25) is 0 Å². The van der Waals surface area contributed by atoms with Gasteiger partial charge in [0.05, 0.1) is 12.7 Å². The highest BCUT2D eigenvalue weighted by atomic mass is 16.5. The SMILES string of the molecule is CCNC1(CO)CCCC1CCN1CCC(OC)C1. The zero-order valence-corrected chi connectivity index (χ0v) is 12.5. The van der Waals surface area contributed by atoms with Crippen LogP contribution in [0.1, 0.15) is 39.0 Å². The molecule has 0 radical (unpaired) electrons. The number of aliphatic hydroxyl groups excluding tert-OH is 1. The number of hydrogen-bond donors (Lipinski definition) is 2. The molecule has 1 aliphatic heterocycles. The summed E-state index contributed by atoms with van der Waals surface area (Å²) in [5.74, 6) is 0.624. The van der Waals surface area contributed by atoms with Gasteiger partial charge in [0.2, 0.25) is 0 Å². The highest BCUT2D eigenvalue weighted by Gasteiger charge is 2.41. The lowest BCUT2D eigenvalue weighted by Crippen LogP contribution is -2.51. The van der Waals surface area contributed by atoms with Crippen LogP contribution in [0.2, 0.25) is 0 Å². The van der Waals surface area contributed by atoms with E-state index in [2.05, 4.69) is 17.1 Å². The largest absolute Gasteiger partial charge is 0.394 e. The van der Waals surface area contributed by atoms with Gasteiger partial charge in [-0.15, -0.1) is 0 Å². The quantitative estimate of drug-likeness (QED) is 0.730. The first kappa shape index (κ1) is 15.2. The Labute approximate surface area is 117 Å². The normalized spacial score (nSPS) is 36.2. The second-order valence-electron chi connectivity index (χ2n) is 6.17. The molecule has 1 saturated heterocycles. The second kappa shape index (κ2) is 7.02. The molecule has 4 nitrogen and oxygen atoms in total. The lowest BCUT2D eigenvalue weighted by molar-refractivity contribution is 0.0992. The molecule has 0 bridgehead atoms. The molecule has 2 fully saturated rings. The van der Waals surface area contributed by atoms with Gasteiger partial charge in [-0.05, 0) is 44.7 Å². The average molecular weight is 270 g/mol. The van der Waals surface area contributed by atoms with Gasteiger partial charge in [-0.2, -0.15) is 0 Å². The van der Waals surface area contributed by atoms with Gasteiger partial charge in [0, 0.05) is 25.7 Å². The third-order valence-electron chi connectivity index (χ3n) is 5.12. The van der Waals surface area contributed by atoms with E-state index in [1.54, 1.807) is 0 Å². The number of rotatable bonds is 7. The van der Waals surface area contributed by atoms with Crippen LogP contribution < -0.4 is 5.32 Å². The molecule has 1 saturated carbocycles. The predicted octanol–water partition coefficient (Wildman–Crippen LogP) is 1.24. The summed E-state index contributed by atoms with van der Waals surface area (Å²) >= 11 is 0. The van der Waals surface area contributed by atoms with Crippen molar-refractivity contribution in [3.05, 3.63) is 0 Å². The summed E-state index contributed by atoms with van der Waals surface area (Å²) in [6, 6.07) is 0. The monoisotopic (exact) mass is 270 g/mol. The van der Waals surface area contributed by atoms with Crippen molar-refractivity contribution < 1.29 is 9.84 Å². The van der Waals surface area contributed by atoms with E-state index in [0.29, 0.717) is 12.0 Å². The van der Waals surface area contributed by atoms with E-state index in [9.17, 15) is 5.11 Å². The Kier molecular flexibility index (Phi) is 5.63. The minimum absolute atomic E-state index is 0.00483. The van der Waals surface area contributed by atoms with Crippen LogP contribution in [0.15, 0.2) is 0 Å². The van der Waals surface area contributed by atoms with E-state index in [1.165, 1.54) is 32.2 Å². The van der Waals surface area contributed by atoms with Crippen LogP contribution in [0.5, 0.6) is 0 Å². The second-order valence-corrected chi connectivity index (χ2v) is 6.17. The Balaban J connectivity index is 1.81. The van der Waals surface area contributed by atoms with Crippen molar-refractivity contribution in [3.8, 4) is 0 Å². The number of ether oxygens (including phenoxy) is 1. The molecule has 2 N–H and O–H groups in total. The van der Waals surface area contributed by atoms with Crippen molar-refractivity contribution in [2.24, 2.45) is 5.92 Å². The van der Waals surface area contributed by atoms with Gasteiger partial charge in [-0.25, -0.2) is 0 Å². The first-order valence-corrected chi connectivity index (χ1v) is 7.85. The lowest BCUT2D eigenvalue weighted by Gasteiger charge is -2.35. The van der Waals surface area contributed by atoms with E-state index in [1.807, 2.05) is 7.11 Å². The van der Waals surface area contributed by atoms with Crippen molar-refractivity contribution in [3.63, 3.8) is 0 Å². The third-order valence-corrected chi connectivity index (χ3v) is 5.12. The fraction of sp³-hybridized carbons (Fsp3) is 1.00. The van der Waals surface area contributed by atoms with E-state index in [0.717, 1.165) is 26.1 Å². The molecule has 0 aromatic rings. The summed E-state index contributed by atoms with van der Waals surface area (Å²) in [5, 5.41) is 13.4. The van der Waals surface area contributed by atoms with E-state index in [4.69, 9.17) is 4.74 Å². The summed E-state index contributed by atoms with van der Waals surface area (Å²) in [7, 11) is 1.81. The lowest BCUT2D eigenvalue weighted by atomic mass is 9.85. The van der Waals surface area contributed by atoms with Crippen LogP contribution in [0.4, 0.5) is 0 Å². The number of nitrogens with one attached hydrogen (secondary N) is 1. The van der Waals surface area contributed by atoms with Crippen molar-refractivity contribution in [2.45, 2.75) is 50.7 Å². The van der Waals surface area contributed by atoms with Crippen molar-refractivity contribution in [1.82, 2.24) is 10.2 Å². The van der Waals surface area contributed by atoms with Crippen LogP contribution in [0.3, 0.4) is 0 Å². The molecule has 0 spiro atoms. The van der Waals surface area contributed by atoms with Crippen LogP contribution >= 0.6 is 0 Å². The van der Waals surface area contributed by atoms with Gasteiger partial charge in [0.1, 0.15) is 0 Å². The summed E-state index contributed by atoms with van der Waals surface area (Å²) in [5.41, 5.74) is -0.00483. The van der Waals surface area contributed by atoms with Crippen molar-refractivity contribution in [1.29, 1.82) is 0 Å². The van der Waals surface area contributed by atoms with Gasteiger partial charge in [-0.1, -0.05) is 13.3 Å². The molecular formula is C15H30N2O2. The molecule has 1 heterocycles. The van der Waals surface area contributed by atoms with E-state index < -0.39 is 0 Å². The summed E-state index contributed by atoms with van der Waals surface area (Å²) in [4.78, 5) is 2.51. The maximum absolute atomic E-state index is 9.79. The molecule has 4 heteroatoms. The van der Waals surface area contributed by atoms with Gasteiger partial charge < -0.3 is 20.1 Å². The maximum Gasteiger partial charge on any atom is 0.0710 e. The molecule has 2 rings (SSSR count). The molecule has 3 unspecified atom stereocenters. The average Bonchev–Trinajstić information content (AvgIpc) is 3.04. The fourth-order valence-corrected chi connectivity index (χ4v) is 3.94. The molecular weight excluding hydrogens is 240 g/mol. The first-order valence-electron chi connectivity index (χ1n) is 7.85. The number of likely N-dealkylation sites (tertiary alicyclic amines) is 1. The molecule has 2 aliphatic rings. The highest BCUT2D eigenvalue weighted by molar-refractivity contribution is 4.99. The molecule has 0 amide bonds. The topological polar surface area (TPSA) is 44.7 Å². The molecule has 19 heavy (non-hydrogen) atoms. The van der Waals surface area contributed by atoms with E-state index in [-0.39, 0.29) is 12.1 Å². The van der Waals surface area contributed by atoms with Crippen LogP contribution in [0, 0.1) is 5.92 Å². The highest BCUT2D eigenvalue weighted by Crippen LogP contribution is 2.38. The van der Waals surface area contributed by atoms with Crippen LogP contribution in [0.25, 0.3) is 0 Å². The minimum Gasteiger partial charge on any atom is -0.394 e. The zero-order valence-electron chi connectivity index (χ0n) is 12.5. The number of likely N-dealkylation sites (N-methyl/N-ethyl adjacent to an activating group) is 1. The van der Waals surface area contributed by atoms with Gasteiger partial charge in [0.15, 0.2) is 0 Å². The third kappa shape index (κ3) is 3.48. The Morgan fingerprint density at radius 3 is 2.89 bits per heavy atom. The molecule has 1 aliphatic carbocycles.